The monoisotopic (exact) mass is 507 g/mol. The highest BCUT2D eigenvalue weighted by Crippen LogP contribution is 2.35. The molecule has 10 heteroatoms. The van der Waals surface area contributed by atoms with Gasteiger partial charge in [-0.1, -0.05) is 114 Å². The second-order valence-corrected chi connectivity index (χ2v) is 11.1. The van der Waals surface area contributed by atoms with E-state index in [0.717, 1.165) is 24.3 Å². The van der Waals surface area contributed by atoms with Crippen LogP contribution in [0.5, 0.6) is 5.75 Å². The minimum absolute atomic E-state index is 0.382. The van der Waals surface area contributed by atoms with E-state index >= 15 is 0 Å². The van der Waals surface area contributed by atoms with Crippen molar-refractivity contribution in [1.82, 2.24) is 16.0 Å². The van der Waals surface area contributed by atoms with E-state index in [-0.39, 0.29) is 6.17 Å². The Hall–Kier alpha value is 0.380. The average Bonchev–Trinajstić information content (AvgIpc) is 2.63. The molecule has 0 bridgehead atoms. The Bertz CT molecular complexity index is 608. The number of halogens is 6. The number of ether oxygens (including phenoxy) is 1. The zero-order valence-electron chi connectivity index (χ0n) is 15.2. The van der Waals surface area contributed by atoms with Crippen molar-refractivity contribution in [3.8, 4) is 5.75 Å². The van der Waals surface area contributed by atoms with Crippen molar-refractivity contribution < 1.29 is 4.74 Å². The molecule has 4 nitrogen and oxygen atoms in total. The molecule has 1 heterocycles. The van der Waals surface area contributed by atoms with Gasteiger partial charge in [0.2, 0.25) is 7.59 Å². The molecule has 1 saturated heterocycles. The smallest absolute Gasteiger partial charge is 0.218 e. The van der Waals surface area contributed by atoms with E-state index in [4.69, 9.17) is 74.3 Å². The molecular weight excluding hydrogens is 487 g/mol. The first-order chi connectivity index (χ1) is 13.1. The minimum Gasteiger partial charge on any atom is -0.494 e. The fourth-order valence-corrected chi connectivity index (χ4v) is 3.34. The molecule has 2 rings (SSSR count). The number of nitrogens with one attached hydrogen (secondary N) is 3. The Balaban J connectivity index is 1.99. The second kappa shape index (κ2) is 11.1. The summed E-state index contributed by atoms with van der Waals surface area (Å²) in [6, 6.07) is 7.80. The minimum atomic E-state index is -1.63. The molecule has 0 amide bonds. The predicted molar refractivity (Wildman–Crippen MR) is 122 cm³/mol. The molecule has 0 saturated carbocycles. The Morgan fingerprint density at radius 2 is 1.46 bits per heavy atom. The lowest BCUT2D eigenvalue weighted by molar-refractivity contribution is 0.228. The maximum Gasteiger partial charge on any atom is 0.218 e. The molecule has 2 unspecified atom stereocenters. The van der Waals surface area contributed by atoms with E-state index in [9.17, 15) is 0 Å². The van der Waals surface area contributed by atoms with Gasteiger partial charge in [-0.05, 0) is 24.1 Å². The summed E-state index contributed by atoms with van der Waals surface area (Å²) < 4.78 is 2.46. The van der Waals surface area contributed by atoms with Gasteiger partial charge < -0.3 is 4.74 Å². The van der Waals surface area contributed by atoms with Crippen molar-refractivity contribution in [2.24, 2.45) is 0 Å². The molecule has 3 N–H and O–H groups in total. The van der Waals surface area contributed by atoms with Crippen LogP contribution in [-0.4, -0.2) is 32.7 Å². The van der Waals surface area contributed by atoms with Gasteiger partial charge in [0.1, 0.15) is 18.1 Å². The predicted octanol–water partition coefficient (Wildman–Crippen LogP) is 5.77. The summed E-state index contributed by atoms with van der Waals surface area (Å²) in [5, 5.41) is 9.16. The molecule has 0 radical (unpaired) electrons. The van der Waals surface area contributed by atoms with Gasteiger partial charge in [0.25, 0.3) is 0 Å². The third-order valence-corrected chi connectivity index (χ3v) is 5.37. The van der Waals surface area contributed by atoms with Crippen LogP contribution >= 0.6 is 69.6 Å². The van der Waals surface area contributed by atoms with Gasteiger partial charge in [0.15, 0.2) is 0 Å². The maximum absolute atomic E-state index is 6.00. The van der Waals surface area contributed by atoms with Crippen molar-refractivity contribution in [2.75, 3.05) is 6.61 Å². The number of rotatable bonds is 7. The summed E-state index contributed by atoms with van der Waals surface area (Å²) in [6.07, 6.45) is 5.37. The van der Waals surface area contributed by atoms with Crippen LogP contribution in [0.25, 0.3) is 6.08 Å². The second-order valence-electron chi connectivity index (χ2n) is 6.41. The molecule has 158 valence electrons. The fourth-order valence-electron chi connectivity index (χ4n) is 2.58. The third-order valence-electron chi connectivity index (χ3n) is 4.06. The van der Waals surface area contributed by atoms with Crippen molar-refractivity contribution in [2.45, 2.75) is 52.3 Å². The summed E-state index contributed by atoms with van der Waals surface area (Å²) in [5.41, 5.74) is 0.985. The average molecular weight is 510 g/mol. The van der Waals surface area contributed by atoms with Crippen LogP contribution in [0.2, 0.25) is 0 Å². The summed E-state index contributed by atoms with van der Waals surface area (Å²) >= 11 is 36.0. The molecule has 1 aromatic carbocycles. The standard InChI is InChI=1S/C18H23Cl6N3O/c1-2-3-4-11-28-13-8-5-12(6-9-13)7-10-14-25-15(17(19,20)21)27-16(26-14)18(22,23)24/h5-10,14-16,25-27H,2-4,11H2,1H3. The lowest BCUT2D eigenvalue weighted by Crippen LogP contribution is -2.72. The molecule has 0 aliphatic carbocycles. The van der Waals surface area contributed by atoms with E-state index in [1.54, 1.807) is 0 Å². The van der Waals surface area contributed by atoms with E-state index in [0.29, 0.717) is 0 Å². The zero-order valence-corrected chi connectivity index (χ0v) is 19.7. The summed E-state index contributed by atoms with van der Waals surface area (Å²) in [7, 11) is 0. The number of alkyl halides is 6. The third kappa shape index (κ3) is 8.25. The van der Waals surface area contributed by atoms with Gasteiger partial charge in [-0.2, -0.15) is 0 Å². The first kappa shape index (κ1) is 24.6. The van der Waals surface area contributed by atoms with Gasteiger partial charge in [-0.25, -0.2) is 0 Å². The number of benzene rings is 1. The summed E-state index contributed by atoms with van der Waals surface area (Å²) in [4.78, 5) is 0. The highest BCUT2D eigenvalue weighted by Gasteiger charge is 2.44. The Morgan fingerprint density at radius 1 is 0.893 bits per heavy atom. The van der Waals surface area contributed by atoms with Crippen LogP contribution in [0.4, 0.5) is 0 Å². The molecule has 1 aliphatic heterocycles. The van der Waals surface area contributed by atoms with Crippen molar-refractivity contribution >= 4 is 75.7 Å². The Morgan fingerprint density at radius 3 is 1.96 bits per heavy atom. The largest absolute Gasteiger partial charge is 0.494 e. The topological polar surface area (TPSA) is 45.3 Å². The lowest BCUT2D eigenvalue weighted by Gasteiger charge is -2.42. The Kier molecular flexibility index (Phi) is 9.80. The van der Waals surface area contributed by atoms with E-state index in [2.05, 4.69) is 22.9 Å². The van der Waals surface area contributed by atoms with E-state index in [1.807, 2.05) is 36.4 Å². The molecule has 1 aromatic rings. The van der Waals surface area contributed by atoms with Crippen molar-refractivity contribution in [3.05, 3.63) is 35.9 Å². The molecule has 1 aliphatic rings. The first-order valence-corrected chi connectivity index (χ1v) is 11.2. The quantitative estimate of drug-likeness (QED) is 0.322. The van der Waals surface area contributed by atoms with Gasteiger partial charge in [-0.3, -0.25) is 16.0 Å². The van der Waals surface area contributed by atoms with Crippen molar-refractivity contribution in [3.63, 3.8) is 0 Å². The van der Waals surface area contributed by atoms with Crippen LogP contribution in [-0.2, 0) is 0 Å². The number of hydrogen-bond acceptors (Lipinski definition) is 4. The number of hydrogen-bond donors (Lipinski definition) is 3. The van der Waals surface area contributed by atoms with Gasteiger partial charge in [0.05, 0.1) is 12.8 Å². The van der Waals surface area contributed by atoms with Crippen molar-refractivity contribution in [1.29, 1.82) is 0 Å². The van der Waals surface area contributed by atoms with Gasteiger partial charge in [0, 0.05) is 0 Å². The molecule has 2 atom stereocenters. The lowest BCUT2D eigenvalue weighted by atomic mass is 10.2. The van der Waals surface area contributed by atoms with Crippen LogP contribution < -0.4 is 20.7 Å². The normalized spacial score (nSPS) is 23.9. The van der Waals surface area contributed by atoms with E-state index < -0.39 is 19.9 Å². The molecule has 0 aromatic heterocycles. The molecule has 0 spiro atoms. The van der Waals surface area contributed by atoms with Gasteiger partial charge in [-0.15, -0.1) is 0 Å². The van der Waals surface area contributed by atoms with Gasteiger partial charge >= 0.3 is 0 Å². The van der Waals surface area contributed by atoms with Crippen LogP contribution in [0, 0.1) is 0 Å². The van der Waals surface area contributed by atoms with E-state index in [1.165, 1.54) is 12.8 Å². The number of unbranched alkanes of at least 4 members (excludes halogenated alkanes) is 2. The summed E-state index contributed by atoms with van der Waals surface area (Å²) in [5.74, 6) is 0.846. The first-order valence-electron chi connectivity index (χ1n) is 8.92. The highest BCUT2D eigenvalue weighted by atomic mass is 35.6. The highest BCUT2D eigenvalue weighted by molar-refractivity contribution is 6.68. The van der Waals surface area contributed by atoms with Crippen LogP contribution in [0.3, 0.4) is 0 Å². The molecular formula is C18H23Cl6N3O. The maximum atomic E-state index is 6.00. The molecule has 1 fully saturated rings. The summed E-state index contributed by atoms with van der Waals surface area (Å²) in [6.45, 7) is 2.89. The Labute approximate surface area is 196 Å². The SMILES string of the molecule is CCCCCOc1ccc(C=CC2NC(C(Cl)(Cl)Cl)NC(C(Cl)(Cl)Cl)N2)cc1. The fraction of sp³-hybridized carbons (Fsp3) is 0.556. The zero-order chi connectivity index (χ0) is 20.8. The van der Waals surface area contributed by atoms with Crippen LogP contribution in [0.1, 0.15) is 31.7 Å². The molecule has 28 heavy (non-hydrogen) atoms. The van der Waals surface area contributed by atoms with Crippen LogP contribution in [0.15, 0.2) is 30.3 Å².